The summed E-state index contributed by atoms with van der Waals surface area (Å²) < 4.78 is 0. The second-order valence-electron chi connectivity index (χ2n) is 3.73. The van der Waals surface area contributed by atoms with Crippen molar-refractivity contribution in [2.75, 3.05) is 5.75 Å². The third kappa shape index (κ3) is 2.55. The summed E-state index contributed by atoms with van der Waals surface area (Å²) in [4.78, 5) is 19.3. The summed E-state index contributed by atoms with van der Waals surface area (Å²) in [7, 11) is 0. The minimum Gasteiger partial charge on any atom is -0.481 e. The van der Waals surface area contributed by atoms with Crippen molar-refractivity contribution in [3.05, 3.63) is 29.6 Å². The summed E-state index contributed by atoms with van der Waals surface area (Å²) in [6.45, 7) is 3.79. The molecule has 0 unspecified atom stereocenters. The van der Waals surface area contributed by atoms with Crippen LogP contribution in [0.2, 0.25) is 0 Å². The predicted molar refractivity (Wildman–Crippen MR) is 67.4 cm³/mol. The van der Waals surface area contributed by atoms with Crippen molar-refractivity contribution in [1.29, 1.82) is 0 Å². The number of fused-ring (bicyclic) bond motifs is 1. The van der Waals surface area contributed by atoms with Crippen molar-refractivity contribution < 1.29 is 9.90 Å². The van der Waals surface area contributed by atoms with E-state index >= 15 is 0 Å². The molecule has 0 aliphatic carbocycles. The Morgan fingerprint density at radius 3 is 2.82 bits per heavy atom. The van der Waals surface area contributed by atoms with Crippen molar-refractivity contribution in [2.45, 2.75) is 18.9 Å². The van der Waals surface area contributed by atoms with Crippen LogP contribution in [-0.2, 0) is 4.79 Å². The quantitative estimate of drug-likeness (QED) is 0.667. The lowest BCUT2D eigenvalue weighted by atomic mass is 10.1. The standard InChI is InChI=1S/C12H12N2O2S/c1-7-4-3-5-9-11(7)12(14-8(2)13-9)17-6-10(15)16/h3-5H,6H2,1-2H3,(H,15,16). The third-order valence-corrected chi connectivity index (χ3v) is 3.30. The topological polar surface area (TPSA) is 63.1 Å². The predicted octanol–water partition coefficient (Wildman–Crippen LogP) is 2.42. The molecule has 0 aliphatic rings. The number of aliphatic carboxylic acids is 1. The zero-order valence-corrected chi connectivity index (χ0v) is 10.4. The second kappa shape index (κ2) is 4.71. The minimum absolute atomic E-state index is 0.0138. The number of aryl methyl sites for hydroxylation is 2. The number of aromatic nitrogens is 2. The van der Waals surface area contributed by atoms with Gasteiger partial charge in [-0.05, 0) is 25.5 Å². The van der Waals surface area contributed by atoms with Gasteiger partial charge in [0, 0.05) is 5.39 Å². The Bertz CT molecular complexity index is 584. The molecule has 0 saturated heterocycles. The van der Waals surface area contributed by atoms with Crippen LogP contribution < -0.4 is 0 Å². The number of hydrogen-bond acceptors (Lipinski definition) is 4. The number of benzene rings is 1. The lowest BCUT2D eigenvalue weighted by Crippen LogP contribution is -2.00. The Balaban J connectivity index is 2.55. The molecule has 5 heteroatoms. The summed E-state index contributed by atoms with van der Waals surface area (Å²) in [5.74, 6) is -0.163. The normalized spacial score (nSPS) is 10.7. The van der Waals surface area contributed by atoms with Gasteiger partial charge >= 0.3 is 5.97 Å². The lowest BCUT2D eigenvalue weighted by Gasteiger charge is -2.07. The van der Waals surface area contributed by atoms with Crippen LogP contribution in [0.15, 0.2) is 23.2 Å². The van der Waals surface area contributed by atoms with E-state index in [1.54, 1.807) is 0 Å². The van der Waals surface area contributed by atoms with Gasteiger partial charge < -0.3 is 5.11 Å². The van der Waals surface area contributed by atoms with Crippen LogP contribution in [-0.4, -0.2) is 26.8 Å². The SMILES string of the molecule is Cc1nc(SCC(=O)O)c2c(C)cccc2n1. The van der Waals surface area contributed by atoms with Gasteiger partial charge in [-0.1, -0.05) is 23.9 Å². The van der Waals surface area contributed by atoms with Gasteiger partial charge in [0.15, 0.2) is 0 Å². The van der Waals surface area contributed by atoms with E-state index in [0.717, 1.165) is 21.5 Å². The molecule has 0 amide bonds. The number of rotatable bonds is 3. The molecular formula is C12H12N2O2S. The molecule has 0 fully saturated rings. The Morgan fingerprint density at radius 1 is 1.35 bits per heavy atom. The average molecular weight is 248 g/mol. The summed E-state index contributed by atoms with van der Waals surface area (Å²) in [6, 6.07) is 5.84. The van der Waals surface area contributed by atoms with E-state index in [1.807, 2.05) is 32.0 Å². The number of nitrogens with zero attached hydrogens (tertiary/aromatic N) is 2. The van der Waals surface area contributed by atoms with E-state index in [1.165, 1.54) is 11.8 Å². The van der Waals surface area contributed by atoms with Crippen LogP contribution in [0.1, 0.15) is 11.4 Å². The minimum atomic E-state index is -0.840. The van der Waals surface area contributed by atoms with E-state index in [-0.39, 0.29) is 5.75 Å². The van der Waals surface area contributed by atoms with Crippen molar-refractivity contribution in [1.82, 2.24) is 9.97 Å². The van der Waals surface area contributed by atoms with Crippen LogP contribution in [0.3, 0.4) is 0 Å². The number of carboxylic acid groups (broad SMARTS) is 1. The molecule has 0 spiro atoms. The first-order valence-corrected chi connectivity index (χ1v) is 6.15. The first-order chi connectivity index (χ1) is 8.08. The highest BCUT2D eigenvalue weighted by Gasteiger charge is 2.10. The number of carbonyl (C=O) groups is 1. The molecule has 1 N–H and O–H groups in total. The first-order valence-electron chi connectivity index (χ1n) is 5.16. The zero-order chi connectivity index (χ0) is 12.4. The van der Waals surface area contributed by atoms with E-state index < -0.39 is 5.97 Å². The fourth-order valence-electron chi connectivity index (χ4n) is 1.66. The van der Waals surface area contributed by atoms with Crippen LogP contribution in [0, 0.1) is 13.8 Å². The average Bonchev–Trinajstić information content (AvgIpc) is 2.25. The maximum atomic E-state index is 10.6. The maximum absolute atomic E-state index is 10.6. The molecule has 17 heavy (non-hydrogen) atoms. The van der Waals surface area contributed by atoms with Gasteiger partial charge in [-0.25, -0.2) is 9.97 Å². The molecule has 4 nitrogen and oxygen atoms in total. The molecule has 1 aromatic carbocycles. The lowest BCUT2D eigenvalue weighted by molar-refractivity contribution is -0.133. The van der Waals surface area contributed by atoms with E-state index in [0.29, 0.717) is 5.82 Å². The molecule has 0 saturated carbocycles. The molecular weight excluding hydrogens is 236 g/mol. The van der Waals surface area contributed by atoms with Crippen LogP contribution in [0.5, 0.6) is 0 Å². The monoisotopic (exact) mass is 248 g/mol. The Hall–Kier alpha value is -1.62. The smallest absolute Gasteiger partial charge is 0.313 e. The van der Waals surface area contributed by atoms with Crippen LogP contribution in [0.25, 0.3) is 10.9 Å². The molecule has 1 aromatic heterocycles. The van der Waals surface area contributed by atoms with Gasteiger partial charge in [0.1, 0.15) is 10.9 Å². The van der Waals surface area contributed by atoms with Crippen molar-refractivity contribution >= 4 is 28.6 Å². The highest BCUT2D eigenvalue weighted by atomic mass is 32.2. The highest BCUT2D eigenvalue weighted by Crippen LogP contribution is 2.27. The zero-order valence-electron chi connectivity index (χ0n) is 9.60. The Labute approximate surface area is 103 Å². The van der Waals surface area contributed by atoms with Gasteiger partial charge in [-0.15, -0.1) is 0 Å². The van der Waals surface area contributed by atoms with Crippen molar-refractivity contribution in [3.63, 3.8) is 0 Å². The number of hydrogen-bond donors (Lipinski definition) is 1. The molecule has 0 radical (unpaired) electrons. The number of carboxylic acids is 1. The van der Waals surface area contributed by atoms with Gasteiger partial charge in [-0.3, -0.25) is 4.79 Å². The largest absolute Gasteiger partial charge is 0.481 e. The van der Waals surface area contributed by atoms with E-state index in [2.05, 4.69) is 9.97 Å². The molecule has 88 valence electrons. The molecule has 1 heterocycles. The molecule has 2 rings (SSSR count). The van der Waals surface area contributed by atoms with Gasteiger partial charge in [0.05, 0.1) is 11.3 Å². The maximum Gasteiger partial charge on any atom is 0.313 e. The summed E-state index contributed by atoms with van der Waals surface area (Å²) >= 11 is 1.24. The molecule has 0 bridgehead atoms. The fourth-order valence-corrected chi connectivity index (χ4v) is 2.53. The second-order valence-corrected chi connectivity index (χ2v) is 4.69. The van der Waals surface area contributed by atoms with E-state index in [4.69, 9.17) is 5.11 Å². The van der Waals surface area contributed by atoms with Gasteiger partial charge in [0.25, 0.3) is 0 Å². The highest BCUT2D eigenvalue weighted by molar-refractivity contribution is 8.00. The fraction of sp³-hybridized carbons (Fsp3) is 0.250. The third-order valence-electron chi connectivity index (χ3n) is 2.34. The first kappa shape index (κ1) is 11.9. The van der Waals surface area contributed by atoms with Gasteiger partial charge in [0.2, 0.25) is 0 Å². The molecule has 0 aliphatic heterocycles. The van der Waals surface area contributed by atoms with Gasteiger partial charge in [-0.2, -0.15) is 0 Å². The molecule has 2 aromatic rings. The Morgan fingerprint density at radius 2 is 2.12 bits per heavy atom. The van der Waals surface area contributed by atoms with Crippen molar-refractivity contribution in [2.24, 2.45) is 0 Å². The summed E-state index contributed by atoms with van der Waals surface area (Å²) in [6.07, 6.45) is 0. The number of thioether (sulfide) groups is 1. The van der Waals surface area contributed by atoms with E-state index in [9.17, 15) is 4.79 Å². The van der Waals surface area contributed by atoms with Crippen LogP contribution >= 0.6 is 11.8 Å². The molecule has 0 atom stereocenters. The summed E-state index contributed by atoms with van der Waals surface area (Å²) in [5, 5.41) is 10.4. The Kier molecular flexibility index (Phi) is 3.28. The van der Waals surface area contributed by atoms with Crippen LogP contribution in [0.4, 0.5) is 0 Å². The van der Waals surface area contributed by atoms with Crippen molar-refractivity contribution in [3.8, 4) is 0 Å². The summed E-state index contributed by atoms with van der Waals surface area (Å²) in [5.41, 5.74) is 1.93.